The molecule has 0 saturated heterocycles. The Kier molecular flexibility index (Phi) is 4.98. The molecule has 1 rings (SSSR count). The maximum Gasteiger partial charge on any atom is 0.282 e. The fourth-order valence-electron chi connectivity index (χ4n) is 1.25. The van der Waals surface area contributed by atoms with Gasteiger partial charge >= 0.3 is 0 Å². The van der Waals surface area contributed by atoms with Crippen molar-refractivity contribution in [3.63, 3.8) is 0 Å². The van der Waals surface area contributed by atoms with Gasteiger partial charge in [0.25, 0.3) is 11.6 Å². The molecule has 0 heterocycles. The molecule has 0 spiro atoms. The first-order valence-electron chi connectivity index (χ1n) is 5.57. The Balaban J connectivity index is 2.73. The van der Waals surface area contributed by atoms with Crippen LogP contribution >= 0.6 is 0 Å². The zero-order valence-electron chi connectivity index (χ0n) is 10.3. The summed E-state index contributed by atoms with van der Waals surface area (Å²) in [6, 6.07) is 5.76. The SMILES string of the molecule is CC(C)C/C=N/NC(=O)c1ccccc1[N+](=O)[O-]. The summed E-state index contributed by atoms with van der Waals surface area (Å²) in [5.41, 5.74) is 2.05. The molecule has 6 nitrogen and oxygen atoms in total. The Morgan fingerprint density at radius 3 is 2.78 bits per heavy atom. The molecule has 0 unspecified atom stereocenters. The Morgan fingerprint density at radius 2 is 2.17 bits per heavy atom. The first-order chi connectivity index (χ1) is 8.52. The van der Waals surface area contributed by atoms with Gasteiger partial charge in [0.15, 0.2) is 0 Å². The van der Waals surface area contributed by atoms with E-state index in [0.29, 0.717) is 5.92 Å². The van der Waals surface area contributed by atoms with Crippen LogP contribution < -0.4 is 5.43 Å². The molecule has 0 aliphatic carbocycles. The summed E-state index contributed by atoms with van der Waals surface area (Å²) < 4.78 is 0. The highest BCUT2D eigenvalue weighted by molar-refractivity contribution is 5.98. The summed E-state index contributed by atoms with van der Waals surface area (Å²) in [4.78, 5) is 21.8. The van der Waals surface area contributed by atoms with Gasteiger partial charge in [-0.2, -0.15) is 5.10 Å². The van der Waals surface area contributed by atoms with Crippen LogP contribution in [0.4, 0.5) is 5.69 Å². The molecule has 0 aliphatic heterocycles. The molecule has 96 valence electrons. The number of para-hydroxylation sites is 1. The minimum absolute atomic E-state index is 0.00389. The predicted molar refractivity (Wildman–Crippen MR) is 68.5 cm³/mol. The van der Waals surface area contributed by atoms with Gasteiger partial charge in [-0.15, -0.1) is 0 Å². The second-order valence-electron chi connectivity index (χ2n) is 4.16. The van der Waals surface area contributed by atoms with Crippen molar-refractivity contribution in [2.75, 3.05) is 0 Å². The van der Waals surface area contributed by atoms with E-state index >= 15 is 0 Å². The molecule has 1 amide bonds. The largest absolute Gasteiger partial charge is 0.282 e. The first-order valence-corrected chi connectivity index (χ1v) is 5.57. The van der Waals surface area contributed by atoms with Gasteiger partial charge in [0, 0.05) is 12.3 Å². The number of hydrogen-bond donors (Lipinski definition) is 1. The van der Waals surface area contributed by atoms with E-state index < -0.39 is 10.8 Å². The van der Waals surface area contributed by atoms with Crippen molar-refractivity contribution in [3.8, 4) is 0 Å². The van der Waals surface area contributed by atoms with E-state index in [1.165, 1.54) is 18.2 Å². The number of nitrogens with zero attached hydrogens (tertiary/aromatic N) is 2. The first kappa shape index (κ1) is 13.8. The quantitative estimate of drug-likeness (QED) is 0.494. The van der Waals surface area contributed by atoms with Gasteiger partial charge in [-0.05, 0) is 18.4 Å². The van der Waals surface area contributed by atoms with Gasteiger partial charge in [-0.25, -0.2) is 5.43 Å². The molecule has 0 bridgehead atoms. The standard InChI is InChI=1S/C12H15N3O3/c1-9(2)7-8-13-14-12(16)10-5-3-4-6-11(10)15(17)18/h3-6,8-9H,7H2,1-2H3,(H,14,16)/b13-8+. The molecule has 0 aromatic heterocycles. The molecule has 1 aromatic rings. The van der Waals surface area contributed by atoms with Crippen LogP contribution in [0.2, 0.25) is 0 Å². The topological polar surface area (TPSA) is 84.6 Å². The Hall–Kier alpha value is -2.24. The third kappa shape index (κ3) is 3.97. The van der Waals surface area contributed by atoms with Crippen molar-refractivity contribution in [3.05, 3.63) is 39.9 Å². The lowest BCUT2D eigenvalue weighted by Gasteiger charge is -2.01. The van der Waals surface area contributed by atoms with E-state index in [1.807, 2.05) is 13.8 Å². The molecule has 1 aromatic carbocycles. The predicted octanol–water partition coefficient (Wildman–Crippen LogP) is 2.36. The number of hydrogen-bond acceptors (Lipinski definition) is 4. The van der Waals surface area contributed by atoms with E-state index in [4.69, 9.17) is 0 Å². The minimum Gasteiger partial charge on any atom is -0.267 e. The summed E-state index contributed by atoms with van der Waals surface area (Å²) in [6.07, 6.45) is 2.31. The third-order valence-corrected chi connectivity index (χ3v) is 2.18. The minimum atomic E-state index is -0.591. The Labute approximate surface area is 105 Å². The monoisotopic (exact) mass is 249 g/mol. The van der Waals surface area contributed by atoms with Crippen LogP contribution in [0.5, 0.6) is 0 Å². The lowest BCUT2D eigenvalue weighted by molar-refractivity contribution is -0.385. The number of amides is 1. The second-order valence-corrected chi connectivity index (χ2v) is 4.16. The number of nitro groups is 1. The molecule has 18 heavy (non-hydrogen) atoms. The fourth-order valence-corrected chi connectivity index (χ4v) is 1.25. The number of hydrazone groups is 1. The van der Waals surface area contributed by atoms with E-state index in [-0.39, 0.29) is 11.3 Å². The molecule has 0 fully saturated rings. The van der Waals surface area contributed by atoms with Crippen LogP contribution in [0.15, 0.2) is 29.4 Å². The van der Waals surface area contributed by atoms with Crippen LogP contribution in [0, 0.1) is 16.0 Å². The molecule has 0 saturated carbocycles. The van der Waals surface area contributed by atoms with Crippen molar-refractivity contribution in [1.82, 2.24) is 5.43 Å². The van der Waals surface area contributed by atoms with E-state index in [2.05, 4.69) is 10.5 Å². The highest BCUT2D eigenvalue weighted by atomic mass is 16.6. The average Bonchev–Trinajstić information content (AvgIpc) is 2.34. The van der Waals surface area contributed by atoms with E-state index in [1.54, 1.807) is 12.3 Å². The zero-order valence-corrected chi connectivity index (χ0v) is 10.3. The van der Waals surface area contributed by atoms with Crippen molar-refractivity contribution < 1.29 is 9.72 Å². The number of carbonyl (C=O) groups is 1. The van der Waals surface area contributed by atoms with E-state index in [0.717, 1.165) is 6.42 Å². The summed E-state index contributed by atoms with van der Waals surface area (Å²) in [5.74, 6) is -0.140. The van der Waals surface area contributed by atoms with Gasteiger partial charge in [0.05, 0.1) is 4.92 Å². The summed E-state index contributed by atoms with van der Waals surface area (Å²) in [6.45, 7) is 4.05. The van der Waals surface area contributed by atoms with Gasteiger partial charge in [-0.1, -0.05) is 26.0 Å². The summed E-state index contributed by atoms with van der Waals surface area (Å²) in [5, 5.41) is 14.5. The molecule has 1 N–H and O–H groups in total. The maximum absolute atomic E-state index is 11.7. The Morgan fingerprint density at radius 1 is 1.50 bits per heavy atom. The normalized spacial score (nSPS) is 10.8. The molecule has 0 atom stereocenters. The molecular formula is C12H15N3O3. The third-order valence-electron chi connectivity index (χ3n) is 2.18. The fraction of sp³-hybridized carbons (Fsp3) is 0.333. The average molecular weight is 249 g/mol. The van der Waals surface area contributed by atoms with Gasteiger partial charge in [0.2, 0.25) is 0 Å². The van der Waals surface area contributed by atoms with Crippen molar-refractivity contribution in [2.24, 2.45) is 11.0 Å². The smallest absolute Gasteiger partial charge is 0.267 e. The number of benzene rings is 1. The van der Waals surface area contributed by atoms with Gasteiger partial charge < -0.3 is 0 Å². The number of nitro benzene ring substituents is 1. The van der Waals surface area contributed by atoms with Crippen molar-refractivity contribution in [2.45, 2.75) is 20.3 Å². The van der Waals surface area contributed by atoms with Crippen LogP contribution in [0.1, 0.15) is 30.6 Å². The van der Waals surface area contributed by atoms with Crippen LogP contribution in [-0.2, 0) is 0 Å². The summed E-state index contributed by atoms with van der Waals surface area (Å²) >= 11 is 0. The van der Waals surface area contributed by atoms with Crippen LogP contribution in [0.3, 0.4) is 0 Å². The van der Waals surface area contributed by atoms with Gasteiger partial charge in [-0.3, -0.25) is 14.9 Å². The number of rotatable bonds is 5. The molecular weight excluding hydrogens is 234 g/mol. The lowest BCUT2D eigenvalue weighted by Crippen LogP contribution is -2.19. The second kappa shape index (κ2) is 6.48. The molecule has 6 heteroatoms. The lowest BCUT2D eigenvalue weighted by atomic mass is 10.1. The van der Waals surface area contributed by atoms with E-state index in [9.17, 15) is 14.9 Å². The van der Waals surface area contributed by atoms with Crippen LogP contribution in [-0.4, -0.2) is 17.0 Å². The van der Waals surface area contributed by atoms with Crippen molar-refractivity contribution >= 4 is 17.8 Å². The van der Waals surface area contributed by atoms with Crippen molar-refractivity contribution in [1.29, 1.82) is 0 Å². The van der Waals surface area contributed by atoms with Crippen LogP contribution in [0.25, 0.3) is 0 Å². The Bertz CT molecular complexity index is 469. The highest BCUT2D eigenvalue weighted by Crippen LogP contribution is 2.17. The maximum atomic E-state index is 11.7. The molecule has 0 aliphatic rings. The molecule has 0 radical (unpaired) electrons. The summed E-state index contributed by atoms with van der Waals surface area (Å²) in [7, 11) is 0. The van der Waals surface area contributed by atoms with Gasteiger partial charge in [0.1, 0.15) is 5.56 Å². The highest BCUT2D eigenvalue weighted by Gasteiger charge is 2.18. The zero-order chi connectivity index (χ0) is 13.5. The number of carbonyl (C=O) groups excluding carboxylic acids is 1. The number of nitrogens with one attached hydrogen (secondary N) is 1.